The zero-order valence-electron chi connectivity index (χ0n) is 14.0. The highest BCUT2D eigenvalue weighted by molar-refractivity contribution is 5.78. The summed E-state index contributed by atoms with van der Waals surface area (Å²) in [7, 11) is 0. The van der Waals surface area contributed by atoms with Gasteiger partial charge in [0.1, 0.15) is 12.0 Å². The van der Waals surface area contributed by atoms with Crippen molar-refractivity contribution in [1.82, 2.24) is 0 Å². The number of hydrogen-bond acceptors (Lipinski definition) is 2. The average Bonchev–Trinajstić information content (AvgIpc) is 2.64. The highest BCUT2D eigenvalue weighted by atomic mass is 16.3. The summed E-state index contributed by atoms with van der Waals surface area (Å²) in [4.78, 5) is 11.4. The lowest BCUT2D eigenvalue weighted by Crippen LogP contribution is -2.03. The molecule has 0 radical (unpaired) electrons. The standard InChI is InChI=1S/C23H20O2/c24-15-20-13-16-5-9-18(20)10-6-17-8-12-19(11-7-16)22(14-17)21-3-1-2-4-23(21)25/h1-5,8-9,12-15,25H,6-7,10-11H2. The normalized spacial score (nSPS) is 13.3. The van der Waals surface area contributed by atoms with Crippen LogP contribution in [0, 0.1) is 0 Å². The van der Waals surface area contributed by atoms with Gasteiger partial charge in [0.15, 0.2) is 0 Å². The number of para-hydroxylation sites is 1. The van der Waals surface area contributed by atoms with Crippen LogP contribution >= 0.6 is 0 Å². The van der Waals surface area contributed by atoms with E-state index in [1.807, 2.05) is 24.3 Å². The van der Waals surface area contributed by atoms with Crippen LogP contribution in [0.25, 0.3) is 11.1 Å². The number of phenolic OH excluding ortho intramolecular Hbond substituents is 1. The van der Waals surface area contributed by atoms with E-state index in [1.54, 1.807) is 6.07 Å². The first-order valence-corrected chi connectivity index (χ1v) is 8.72. The lowest BCUT2D eigenvalue weighted by molar-refractivity contribution is 0.112. The molecule has 1 N–H and O–H groups in total. The molecular formula is C23H20O2. The Bertz CT molecular complexity index is 941. The topological polar surface area (TPSA) is 37.3 Å². The van der Waals surface area contributed by atoms with E-state index in [-0.39, 0.29) is 0 Å². The van der Waals surface area contributed by atoms with Gasteiger partial charge < -0.3 is 5.11 Å². The Morgan fingerprint density at radius 3 is 2.16 bits per heavy atom. The minimum atomic E-state index is 0.319. The van der Waals surface area contributed by atoms with Crippen LogP contribution in [0.2, 0.25) is 0 Å². The largest absolute Gasteiger partial charge is 0.507 e. The van der Waals surface area contributed by atoms with E-state index in [0.29, 0.717) is 5.75 Å². The maximum Gasteiger partial charge on any atom is 0.150 e. The minimum absolute atomic E-state index is 0.319. The van der Waals surface area contributed by atoms with Gasteiger partial charge in [0.05, 0.1) is 0 Å². The molecule has 0 unspecified atom stereocenters. The van der Waals surface area contributed by atoms with Crippen LogP contribution in [0.3, 0.4) is 0 Å². The summed E-state index contributed by atoms with van der Waals surface area (Å²) < 4.78 is 0. The molecule has 4 aliphatic carbocycles. The summed E-state index contributed by atoms with van der Waals surface area (Å²) in [6.45, 7) is 0. The van der Waals surface area contributed by atoms with E-state index < -0.39 is 0 Å². The van der Waals surface area contributed by atoms with Crippen LogP contribution in [-0.2, 0) is 25.7 Å². The summed E-state index contributed by atoms with van der Waals surface area (Å²) in [5.74, 6) is 0.319. The Morgan fingerprint density at radius 1 is 0.720 bits per heavy atom. The number of carbonyl (C=O) groups is 1. The molecule has 0 aromatic heterocycles. The van der Waals surface area contributed by atoms with Gasteiger partial charge in [-0.3, -0.25) is 4.79 Å². The van der Waals surface area contributed by atoms with E-state index in [4.69, 9.17) is 0 Å². The van der Waals surface area contributed by atoms with Gasteiger partial charge in [-0.25, -0.2) is 0 Å². The molecule has 3 aromatic rings. The van der Waals surface area contributed by atoms with E-state index >= 15 is 0 Å². The number of hydrogen-bond donors (Lipinski definition) is 1. The van der Waals surface area contributed by atoms with Crippen molar-refractivity contribution in [1.29, 1.82) is 0 Å². The molecule has 0 saturated carbocycles. The van der Waals surface area contributed by atoms with Crippen LogP contribution < -0.4 is 0 Å². The van der Waals surface area contributed by atoms with Gasteiger partial charge >= 0.3 is 0 Å². The molecule has 0 saturated heterocycles. The van der Waals surface area contributed by atoms with Gasteiger partial charge in [0.25, 0.3) is 0 Å². The Hall–Kier alpha value is -2.87. The van der Waals surface area contributed by atoms with Crippen molar-refractivity contribution in [3.63, 3.8) is 0 Å². The number of rotatable bonds is 2. The van der Waals surface area contributed by atoms with Crippen molar-refractivity contribution >= 4 is 6.29 Å². The number of carbonyl (C=O) groups excluding carboxylic acids is 1. The van der Waals surface area contributed by atoms with E-state index in [0.717, 1.165) is 54.2 Å². The maximum atomic E-state index is 11.4. The minimum Gasteiger partial charge on any atom is -0.507 e. The summed E-state index contributed by atoms with van der Waals surface area (Å²) in [5.41, 5.74) is 7.55. The summed E-state index contributed by atoms with van der Waals surface area (Å²) in [5, 5.41) is 10.3. The second-order valence-electron chi connectivity index (χ2n) is 6.66. The number of benzene rings is 3. The van der Waals surface area contributed by atoms with Gasteiger partial charge in [-0.2, -0.15) is 0 Å². The molecule has 3 aromatic carbocycles. The molecule has 124 valence electrons. The van der Waals surface area contributed by atoms with Crippen molar-refractivity contribution in [3.8, 4) is 16.9 Å². The molecule has 25 heavy (non-hydrogen) atoms. The van der Waals surface area contributed by atoms with Crippen molar-refractivity contribution in [2.45, 2.75) is 25.7 Å². The third kappa shape index (κ3) is 3.08. The van der Waals surface area contributed by atoms with Gasteiger partial charge in [-0.05, 0) is 65.6 Å². The fourth-order valence-electron chi connectivity index (χ4n) is 3.64. The Labute approximate surface area is 147 Å². The van der Waals surface area contributed by atoms with Gasteiger partial charge in [0.2, 0.25) is 0 Å². The van der Waals surface area contributed by atoms with Crippen LogP contribution in [0.4, 0.5) is 0 Å². The summed E-state index contributed by atoms with van der Waals surface area (Å²) >= 11 is 0. The van der Waals surface area contributed by atoms with E-state index in [1.165, 1.54) is 16.7 Å². The zero-order chi connectivity index (χ0) is 17.2. The molecule has 4 aliphatic rings. The summed E-state index contributed by atoms with van der Waals surface area (Å²) in [6, 6.07) is 20.3. The highest BCUT2D eigenvalue weighted by Crippen LogP contribution is 2.33. The SMILES string of the molecule is O=Cc1cc2ccc1CCc1ccc(c(-c3ccccc3O)c1)CC2. The zero-order valence-corrected chi connectivity index (χ0v) is 14.0. The van der Waals surface area contributed by atoms with Crippen molar-refractivity contribution in [2.24, 2.45) is 0 Å². The first kappa shape index (κ1) is 15.6. The van der Waals surface area contributed by atoms with Gasteiger partial charge in [0, 0.05) is 11.1 Å². The lowest BCUT2D eigenvalue weighted by Gasteiger charge is -2.16. The lowest BCUT2D eigenvalue weighted by atomic mass is 9.89. The fourth-order valence-corrected chi connectivity index (χ4v) is 3.64. The monoisotopic (exact) mass is 328 g/mol. The number of aryl methyl sites for hydroxylation is 4. The first-order valence-electron chi connectivity index (χ1n) is 8.72. The van der Waals surface area contributed by atoms with E-state index in [2.05, 4.69) is 30.3 Å². The smallest absolute Gasteiger partial charge is 0.150 e. The molecule has 2 heteroatoms. The first-order chi connectivity index (χ1) is 12.2. The molecule has 0 aliphatic heterocycles. The van der Waals surface area contributed by atoms with Crippen molar-refractivity contribution < 1.29 is 9.90 Å². The van der Waals surface area contributed by atoms with Crippen molar-refractivity contribution in [2.75, 3.05) is 0 Å². The predicted octanol–water partition coefficient (Wildman–Crippen LogP) is 4.76. The fraction of sp³-hybridized carbons (Fsp3) is 0.174. The second-order valence-corrected chi connectivity index (χ2v) is 6.66. The predicted molar refractivity (Wildman–Crippen MR) is 100 cm³/mol. The van der Waals surface area contributed by atoms with Gasteiger partial charge in [-0.15, -0.1) is 0 Å². The molecular weight excluding hydrogens is 308 g/mol. The highest BCUT2D eigenvalue weighted by Gasteiger charge is 2.13. The van der Waals surface area contributed by atoms with Crippen LogP contribution in [0.15, 0.2) is 60.7 Å². The molecule has 0 heterocycles. The average molecular weight is 328 g/mol. The Balaban J connectivity index is 1.81. The quantitative estimate of drug-likeness (QED) is 0.689. The Morgan fingerprint density at radius 2 is 1.40 bits per heavy atom. The molecule has 0 fully saturated rings. The van der Waals surface area contributed by atoms with Crippen LogP contribution in [0.5, 0.6) is 5.75 Å². The molecule has 2 nitrogen and oxygen atoms in total. The third-order valence-corrected chi connectivity index (χ3v) is 5.07. The van der Waals surface area contributed by atoms with Crippen LogP contribution in [0.1, 0.15) is 32.6 Å². The molecule has 7 rings (SSSR count). The number of aromatic hydroxyl groups is 1. The number of phenols is 1. The summed E-state index contributed by atoms with van der Waals surface area (Å²) in [6.07, 6.45) is 4.44. The third-order valence-electron chi connectivity index (χ3n) is 5.07. The molecule has 4 bridgehead atoms. The van der Waals surface area contributed by atoms with Gasteiger partial charge in [-0.1, -0.05) is 48.5 Å². The maximum absolute atomic E-state index is 11.4. The number of aldehydes is 1. The van der Waals surface area contributed by atoms with Crippen LogP contribution in [-0.4, -0.2) is 11.4 Å². The van der Waals surface area contributed by atoms with Crippen molar-refractivity contribution in [3.05, 3.63) is 88.5 Å². The molecule has 0 atom stereocenters. The second kappa shape index (κ2) is 6.56. The Kier molecular flexibility index (Phi) is 4.10. The van der Waals surface area contributed by atoms with E-state index in [9.17, 15) is 9.90 Å². The molecule has 0 amide bonds. The molecule has 0 spiro atoms.